The van der Waals surface area contributed by atoms with Crippen LogP contribution in [0, 0.1) is 0 Å². The Labute approximate surface area is 114 Å². The summed E-state index contributed by atoms with van der Waals surface area (Å²) in [6.07, 6.45) is 1.31. The van der Waals surface area contributed by atoms with Gasteiger partial charge < -0.3 is 15.2 Å². The van der Waals surface area contributed by atoms with E-state index in [0.717, 1.165) is 11.3 Å². The third-order valence-electron chi connectivity index (χ3n) is 2.88. The van der Waals surface area contributed by atoms with Gasteiger partial charge in [0.05, 0.1) is 13.2 Å². The van der Waals surface area contributed by atoms with E-state index in [1.807, 2.05) is 31.2 Å². The highest BCUT2D eigenvalue weighted by Crippen LogP contribution is 2.13. The molecule has 2 atom stereocenters. The molecule has 2 N–H and O–H groups in total. The van der Waals surface area contributed by atoms with Crippen LogP contribution in [0.3, 0.4) is 0 Å². The molecule has 0 heterocycles. The van der Waals surface area contributed by atoms with Gasteiger partial charge in [0, 0.05) is 12.5 Å². The van der Waals surface area contributed by atoms with Crippen molar-refractivity contribution in [3.05, 3.63) is 29.8 Å². The van der Waals surface area contributed by atoms with Crippen molar-refractivity contribution >= 4 is 5.91 Å². The fourth-order valence-corrected chi connectivity index (χ4v) is 2.00. The molecule has 0 aliphatic heterocycles. The van der Waals surface area contributed by atoms with Crippen molar-refractivity contribution in [1.82, 2.24) is 5.32 Å². The van der Waals surface area contributed by atoms with Crippen LogP contribution < -0.4 is 10.1 Å². The molecule has 0 saturated heterocycles. The second-order valence-corrected chi connectivity index (χ2v) is 4.90. The number of hydrogen-bond acceptors (Lipinski definition) is 3. The zero-order valence-corrected chi connectivity index (χ0v) is 11.8. The van der Waals surface area contributed by atoms with Crippen molar-refractivity contribution < 1.29 is 14.6 Å². The molecule has 0 aliphatic rings. The number of methoxy groups -OCH3 is 1. The highest BCUT2D eigenvalue weighted by molar-refractivity contribution is 5.76. The van der Waals surface area contributed by atoms with Crippen LogP contribution in [0.2, 0.25) is 0 Å². The second-order valence-electron chi connectivity index (χ2n) is 4.90. The first kappa shape index (κ1) is 15.5. The maximum atomic E-state index is 11.7. The number of ether oxygens (including phenoxy) is 1. The Morgan fingerprint density at radius 3 is 2.79 bits per heavy atom. The molecule has 1 amide bonds. The summed E-state index contributed by atoms with van der Waals surface area (Å²) in [5.74, 6) is 0.816. The summed E-state index contributed by atoms with van der Waals surface area (Å²) in [4.78, 5) is 11.7. The fraction of sp³-hybridized carbons (Fsp3) is 0.533. The standard InChI is InChI=1S/C15H23NO3/c1-11(9-12(2)17)16-15(18)8-7-13-5-4-6-14(10-13)19-3/h4-6,10-12,17H,7-9H2,1-3H3,(H,16,18). The Hall–Kier alpha value is -1.55. The largest absolute Gasteiger partial charge is 0.497 e. The van der Waals surface area contributed by atoms with E-state index in [1.54, 1.807) is 14.0 Å². The van der Waals surface area contributed by atoms with Crippen molar-refractivity contribution in [2.75, 3.05) is 7.11 Å². The van der Waals surface area contributed by atoms with Crippen molar-refractivity contribution in [2.24, 2.45) is 0 Å². The number of aliphatic hydroxyl groups is 1. The molecule has 0 bridgehead atoms. The molecule has 0 aromatic heterocycles. The molecule has 0 fully saturated rings. The SMILES string of the molecule is COc1cccc(CCC(=O)NC(C)CC(C)O)c1. The number of carbonyl (C=O) groups excluding carboxylic acids is 1. The van der Waals surface area contributed by atoms with Gasteiger partial charge in [-0.05, 0) is 44.4 Å². The number of rotatable bonds is 7. The van der Waals surface area contributed by atoms with Crippen LogP contribution in [0.1, 0.15) is 32.3 Å². The first-order valence-electron chi connectivity index (χ1n) is 6.61. The Morgan fingerprint density at radius 2 is 2.16 bits per heavy atom. The van der Waals surface area contributed by atoms with Crippen molar-refractivity contribution in [3.8, 4) is 5.75 Å². The van der Waals surface area contributed by atoms with Crippen LogP contribution in [0.25, 0.3) is 0 Å². The van der Waals surface area contributed by atoms with E-state index in [2.05, 4.69) is 5.32 Å². The number of hydrogen-bond donors (Lipinski definition) is 2. The number of aliphatic hydroxyl groups excluding tert-OH is 1. The molecule has 0 radical (unpaired) electrons. The third-order valence-corrected chi connectivity index (χ3v) is 2.88. The van der Waals surface area contributed by atoms with Gasteiger partial charge in [-0.2, -0.15) is 0 Å². The molecule has 19 heavy (non-hydrogen) atoms. The summed E-state index contributed by atoms with van der Waals surface area (Å²) in [6, 6.07) is 7.72. The van der Waals surface area contributed by atoms with E-state index in [-0.39, 0.29) is 11.9 Å². The van der Waals surface area contributed by atoms with E-state index in [1.165, 1.54) is 0 Å². The number of aryl methyl sites for hydroxylation is 1. The van der Waals surface area contributed by atoms with Gasteiger partial charge in [-0.15, -0.1) is 0 Å². The summed E-state index contributed by atoms with van der Waals surface area (Å²) in [6.45, 7) is 3.62. The lowest BCUT2D eigenvalue weighted by Crippen LogP contribution is -2.34. The third kappa shape index (κ3) is 6.25. The van der Waals surface area contributed by atoms with Crippen LogP contribution in [0.15, 0.2) is 24.3 Å². The zero-order valence-electron chi connectivity index (χ0n) is 11.8. The Kier molecular flexibility index (Phi) is 6.36. The Morgan fingerprint density at radius 1 is 1.42 bits per heavy atom. The first-order valence-corrected chi connectivity index (χ1v) is 6.61. The highest BCUT2D eigenvalue weighted by Gasteiger charge is 2.09. The fourth-order valence-electron chi connectivity index (χ4n) is 2.00. The molecule has 1 aromatic carbocycles. The minimum Gasteiger partial charge on any atom is -0.497 e. The molecule has 1 rings (SSSR count). The number of amides is 1. The summed E-state index contributed by atoms with van der Waals surface area (Å²) in [5.41, 5.74) is 1.08. The molecule has 0 spiro atoms. The topological polar surface area (TPSA) is 58.6 Å². The minimum atomic E-state index is -0.395. The van der Waals surface area contributed by atoms with Gasteiger partial charge in [0.25, 0.3) is 0 Å². The van der Waals surface area contributed by atoms with E-state index >= 15 is 0 Å². The van der Waals surface area contributed by atoms with Crippen LogP contribution in [0.5, 0.6) is 5.75 Å². The Bertz CT molecular complexity index is 404. The molecule has 0 saturated carbocycles. The molecule has 2 unspecified atom stereocenters. The summed E-state index contributed by atoms with van der Waals surface area (Å²) in [5, 5.41) is 12.1. The van der Waals surface area contributed by atoms with E-state index in [9.17, 15) is 9.90 Å². The monoisotopic (exact) mass is 265 g/mol. The van der Waals surface area contributed by atoms with Crippen LogP contribution in [-0.2, 0) is 11.2 Å². The quantitative estimate of drug-likeness (QED) is 0.791. The molecule has 4 heteroatoms. The lowest BCUT2D eigenvalue weighted by atomic mass is 10.1. The smallest absolute Gasteiger partial charge is 0.220 e. The lowest BCUT2D eigenvalue weighted by Gasteiger charge is -2.15. The molecule has 1 aromatic rings. The van der Waals surface area contributed by atoms with Gasteiger partial charge in [0.2, 0.25) is 5.91 Å². The number of nitrogens with one attached hydrogen (secondary N) is 1. The minimum absolute atomic E-state index is 0.00203. The number of benzene rings is 1. The van der Waals surface area contributed by atoms with Crippen LogP contribution in [0.4, 0.5) is 0 Å². The van der Waals surface area contributed by atoms with Crippen molar-refractivity contribution in [2.45, 2.75) is 45.3 Å². The van der Waals surface area contributed by atoms with Gasteiger partial charge in [-0.1, -0.05) is 12.1 Å². The molecule has 4 nitrogen and oxygen atoms in total. The van der Waals surface area contributed by atoms with Gasteiger partial charge >= 0.3 is 0 Å². The molecule has 0 aliphatic carbocycles. The highest BCUT2D eigenvalue weighted by atomic mass is 16.5. The van der Waals surface area contributed by atoms with Crippen molar-refractivity contribution in [3.63, 3.8) is 0 Å². The predicted octanol–water partition coefficient (Wildman–Crippen LogP) is 1.90. The zero-order chi connectivity index (χ0) is 14.3. The van der Waals surface area contributed by atoms with Crippen LogP contribution >= 0.6 is 0 Å². The maximum Gasteiger partial charge on any atom is 0.220 e. The average Bonchev–Trinajstić information content (AvgIpc) is 2.35. The summed E-state index contributed by atoms with van der Waals surface area (Å²) >= 11 is 0. The predicted molar refractivity (Wildman–Crippen MR) is 75.2 cm³/mol. The van der Waals surface area contributed by atoms with Crippen molar-refractivity contribution in [1.29, 1.82) is 0 Å². The van der Waals surface area contributed by atoms with Gasteiger partial charge in [-0.25, -0.2) is 0 Å². The van der Waals surface area contributed by atoms with Gasteiger partial charge in [0.15, 0.2) is 0 Å². The Balaban J connectivity index is 2.37. The molecule has 106 valence electrons. The average molecular weight is 265 g/mol. The maximum absolute atomic E-state index is 11.7. The molecular formula is C15H23NO3. The van der Waals surface area contributed by atoms with Crippen LogP contribution in [-0.4, -0.2) is 30.3 Å². The van der Waals surface area contributed by atoms with Gasteiger partial charge in [0.1, 0.15) is 5.75 Å². The number of carbonyl (C=O) groups is 1. The van der Waals surface area contributed by atoms with E-state index < -0.39 is 6.10 Å². The first-order chi connectivity index (χ1) is 9.01. The normalized spacial score (nSPS) is 13.7. The summed E-state index contributed by atoms with van der Waals surface area (Å²) in [7, 11) is 1.63. The summed E-state index contributed by atoms with van der Waals surface area (Å²) < 4.78 is 5.14. The molecular weight excluding hydrogens is 242 g/mol. The second kappa shape index (κ2) is 7.79. The van der Waals surface area contributed by atoms with Gasteiger partial charge in [-0.3, -0.25) is 4.79 Å². The van der Waals surface area contributed by atoms with E-state index in [4.69, 9.17) is 4.74 Å². The lowest BCUT2D eigenvalue weighted by molar-refractivity contribution is -0.121. The van der Waals surface area contributed by atoms with E-state index in [0.29, 0.717) is 19.3 Å².